The summed E-state index contributed by atoms with van der Waals surface area (Å²) in [4.78, 5) is 35.0. The lowest BCUT2D eigenvalue weighted by atomic mass is 10.1. The first kappa shape index (κ1) is 28.5. The van der Waals surface area contributed by atoms with E-state index in [0.29, 0.717) is 5.69 Å². The molecule has 0 saturated carbocycles. The normalized spacial score (nSPS) is 11.1. The van der Waals surface area contributed by atoms with Crippen molar-refractivity contribution in [3.8, 4) is 0 Å². The summed E-state index contributed by atoms with van der Waals surface area (Å²) < 4.78 is 49.8. The molecule has 1 amide bonds. The van der Waals surface area contributed by atoms with Crippen molar-refractivity contribution in [2.45, 2.75) is 39.5 Å². The molecule has 188 valence electrons. The van der Waals surface area contributed by atoms with Crippen molar-refractivity contribution in [3.63, 3.8) is 0 Å². The number of carbonyl (C=O) groups excluding carboxylic acids is 2. The fourth-order valence-electron chi connectivity index (χ4n) is 2.66. The lowest BCUT2D eigenvalue weighted by Gasteiger charge is -2.23. The second-order valence-electron chi connectivity index (χ2n) is 8.32. The van der Waals surface area contributed by atoms with Crippen LogP contribution in [0.15, 0.2) is 41.3 Å². The SMILES string of the molecule is COC(=O)CNC(=O)OC(C)(C)C.Cc1cccc(N(C)c2c(C(F)(F)F)ccn(C)c2=O)c1. The molecule has 0 aliphatic heterocycles. The van der Waals surface area contributed by atoms with Gasteiger partial charge >= 0.3 is 18.2 Å². The summed E-state index contributed by atoms with van der Waals surface area (Å²) >= 11 is 0. The zero-order chi connectivity index (χ0) is 26.3. The van der Waals surface area contributed by atoms with Gasteiger partial charge in [0.1, 0.15) is 17.8 Å². The highest BCUT2D eigenvalue weighted by atomic mass is 19.4. The number of aromatic nitrogens is 1. The van der Waals surface area contributed by atoms with Crippen LogP contribution in [0.5, 0.6) is 0 Å². The van der Waals surface area contributed by atoms with E-state index in [-0.39, 0.29) is 12.2 Å². The van der Waals surface area contributed by atoms with Crippen molar-refractivity contribution in [3.05, 3.63) is 58.0 Å². The molecule has 0 unspecified atom stereocenters. The van der Waals surface area contributed by atoms with Crippen molar-refractivity contribution in [1.29, 1.82) is 0 Å². The average Bonchev–Trinajstić information content (AvgIpc) is 2.71. The summed E-state index contributed by atoms with van der Waals surface area (Å²) in [5, 5.41) is 2.25. The number of methoxy groups -OCH3 is 1. The molecule has 1 heterocycles. The third kappa shape index (κ3) is 8.80. The quantitative estimate of drug-likeness (QED) is 0.654. The van der Waals surface area contributed by atoms with Crippen LogP contribution in [0.2, 0.25) is 0 Å². The molecular weight excluding hydrogens is 455 g/mol. The fourth-order valence-corrected chi connectivity index (χ4v) is 2.66. The monoisotopic (exact) mass is 485 g/mol. The molecule has 11 heteroatoms. The predicted octanol–water partition coefficient (Wildman–Crippen LogP) is 4.16. The van der Waals surface area contributed by atoms with Gasteiger partial charge in [-0.25, -0.2) is 4.79 Å². The molecule has 0 aliphatic rings. The number of benzene rings is 1. The number of anilines is 2. The second kappa shape index (κ2) is 11.6. The minimum atomic E-state index is -4.58. The van der Waals surface area contributed by atoms with Crippen molar-refractivity contribution in [2.75, 3.05) is 25.6 Å². The van der Waals surface area contributed by atoms with Gasteiger partial charge in [-0.05, 0) is 51.5 Å². The van der Waals surface area contributed by atoms with Crippen LogP contribution in [0.4, 0.5) is 29.3 Å². The van der Waals surface area contributed by atoms with E-state index in [1.165, 1.54) is 26.1 Å². The largest absolute Gasteiger partial charge is 0.468 e. The Morgan fingerprint density at radius 1 is 1.15 bits per heavy atom. The Hall–Kier alpha value is -3.50. The minimum Gasteiger partial charge on any atom is -0.468 e. The Morgan fingerprint density at radius 3 is 2.26 bits per heavy atom. The molecule has 34 heavy (non-hydrogen) atoms. The fraction of sp³-hybridized carbons (Fsp3) is 0.435. The minimum absolute atomic E-state index is 0.175. The van der Waals surface area contributed by atoms with Gasteiger partial charge in [-0.1, -0.05) is 12.1 Å². The van der Waals surface area contributed by atoms with Gasteiger partial charge in [-0.15, -0.1) is 0 Å². The number of alkyl carbamates (subject to hydrolysis) is 1. The number of aryl methyl sites for hydroxylation is 2. The Bertz CT molecular complexity index is 1060. The van der Waals surface area contributed by atoms with Crippen molar-refractivity contribution in [1.82, 2.24) is 9.88 Å². The standard InChI is InChI=1S/C15H15F3N2O.C8H15NO4/c1-10-5-4-6-11(9-10)20(3)13-12(15(16,17)18)7-8-19(2)14(13)21;1-8(2,3)13-7(11)9-5-6(10)12-4/h4-9H,1-3H3;5H2,1-4H3,(H,9,11). The smallest absolute Gasteiger partial charge is 0.418 e. The van der Waals surface area contributed by atoms with Gasteiger partial charge in [-0.2, -0.15) is 13.2 Å². The van der Waals surface area contributed by atoms with E-state index in [1.54, 1.807) is 39.0 Å². The molecule has 1 N–H and O–H groups in total. The van der Waals surface area contributed by atoms with Crippen LogP contribution in [-0.4, -0.2) is 42.9 Å². The maximum Gasteiger partial charge on any atom is 0.418 e. The number of esters is 1. The summed E-state index contributed by atoms with van der Waals surface area (Å²) in [6.45, 7) is 6.89. The summed E-state index contributed by atoms with van der Waals surface area (Å²) in [6, 6.07) is 7.89. The third-order valence-electron chi connectivity index (χ3n) is 4.28. The maximum atomic E-state index is 13.1. The number of carbonyl (C=O) groups is 2. The van der Waals surface area contributed by atoms with Gasteiger partial charge in [0.15, 0.2) is 0 Å². The van der Waals surface area contributed by atoms with Gasteiger partial charge < -0.3 is 24.3 Å². The highest BCUT2D eigenvalue weighted by molar-refractivity contribution is 5.77. The van der Waals surface area contributed by atoms with Crippen LogP contribution in [0.25, 0.3) is 0 Å². The van der Waals surface area contributed by atoms with Gasteiger partial charge in [0, 0.05) is 26.0 Å². The van der Waals surface area contributed by atoms with Gasteiger partial charge in [-0.3, -0.25) is 9.59 Å². The summed E-state index contributed by atoms with van der Waals surface area (Å²) in [7, 11) is 4.13. The van der Waals surface area contributed by atoms with Crippen molar-refractivity contribution < 1.29 is 32.2 Å². The number of rotatable bonds is 4. The molecule has 8 nitrogen and oxygen atoms in total. The maximum absolute atomic E-state index is 13.1. The molecule has 0 radical (unpaired) electrons. The average molecular weight is 486 g/mol. The number of hydrogen-bond acceptors (Lipinski definition) is 6. The molecule has 0 atom stereocenters. The molecule has 2 aromatic rings. The third-order valence-corrected chi connectivity index (χ3v) is 4.28. The number of nitrogens with one attached hydrogen (secondary N) is 1. The molecular formula is C23H30F3N3O5. The number of amides is 1. The number of pyridine rings is 1. The van der Waals surface area contributed by atoms with E-state index in [4.69, 9.17) is 4.74 Å². The van der Waals surface area contributed by atoms with Crippen molar-refractivity contribution in [2.24, 2.45) is 7.05 Å². The lowest BCUT2D eigenvalue weighted by molar-refractivity contribution is -0.139. The lowest BCUT2D eigenvalue weighted by Crippen LogP contribution is -2.35. The number of hydrogen-bond donors (Lipinski definition) is 1. The van der Waals surface area contributed by atoms with Crippen LogP contribution in [0, 0.1) is 6.92 Å². The molecule has 0 fully saturated rings. The number of alkyl halides is 3. The molecule has 0 bridgehead atoms. The molecule has 0 spiro atoms. The highest BCUT2D eigenvalue weighted by Crippen LogP contribution is 2.36. The first-order valence-corrected chi connectivity index (χ1v) is 10.2. The van der Waals surface area contributed by atoms with Crippen LogP contribution in [0.1, 0.15) is 31.9 Å². The summed E-state index contributed by atoms with van der Waals surface area (Å²) in [5.41, 5.74) is -1.12. The molecule has 1 aromatic carbocycles. The Morgan fingerprint density at radius 2 is 1.76 bits per heavy atom. The van der Waals surface area contributed by atoms with Crippen molar-refractivity contribution >= 4 is 23.4 Å². The molecule has 2 rings (SSSR count). The number of nitrogens with zero attached hydrogens (tertiary/aromatic N) is 2. The van der Waals surface area contributed by atoms with E-state index in [0.717, 1.165) is 22.4 Å². The van der Waals surface area contributed by atoms with Crippen LogP contribution >= 0.6 is 0 Å². The Kier molecular flexibility index (Phi) is 9.71. The van der Waals surface area contributed by atoms with Crippen LogP contribution in [-0.2, 0) is 27.5 Å². The van der Waals surface area contributed by atoms with E-state index < -0.39 is 35.0 Å². The highest BCUT2D eigenvalue weighted by Gasteiger charge is 2.36. The first-order valence-electron chi connectivity index (χ1n) is 10.2. The predicted molar refractivity (Wildman–Crippen MR) is 122 cm³/mol. The van der Waals surface area contributed by atoms with Crippen LogP contribution < -0.4 is 15.8 Å². The van der Waals surface area contributed by atoms with Gasteiger partial charge in [0.2, 0.25) is 0 Å². The number of halogens is 3. The zero-order valence-electron chi connectivity index (χ0n) is 20.2. The molecule has 1 aromatic heterocycles. The summed E-state index contributed by atoms with van der Waals surface area (Å²) in [6.07, 6.45) is -4.09. The molecule has 0 saturated heterocycles. The second-order valence-corrected chi connectivity index (χ2v) is 8.32. The van der Waals surface area contributed by atoms with E-state index in [1.807, 2.05) is 13.0 Å². The number of ether oxygens (including phenoxy) is 2. The van der Waals surface area contributed by atoms with Gasteiger partial charge in [0.05, 0.1) is 12.7 Å². The molecule has 0 aliphatic carbocycles. The topological polar surface area (TPSA) is 89.9 Å². The van der Waals surface area contributed by atoms with Crippen LogP contribution in [0.3, 0.4) is 0 Å². The first-order chi connectivity index (χ1) is 15.6. The Labute approximate surface area is 196 Å². The van der Waals surface area contributed by atoms with E-state index >= 15 is 0 Å². The Balaban J connectivity index is 0.000000385. The zero-order valence-corrected chi connectivity index (χ0v) is 20.2. The van der Waals surface area contributed by atoms with Gasteiger partial charge in [0.25, 0.3) is 5.56 Å². The van der Waals surface area contributed by atoms with E-state index in [2.05, 4.69) is 10.1 Å². The van der Waals surface area contributed by atoms with E-state index in [9.17, 15) is 27.6 Å². The summed E-state index contributed by atoms with van der Waals surface area (Å²) in [5.74, 6) is -0.508.